The predicted molar refractivity (Wildman–Crippen MR) is 121 cm³/mol. The summed E-state index contributed by atoms with van der Waals surface area (Å²) in [5, 5.41) is 7.62. The van der Waals surface area contributed by atoms with Crippen molar-refractivity contribution in [2.24, 2.45) is 0 Å². The van der Waals surface area contributed by atoms with Gasteiger partial charge in [0, 0.05) is 37.7 Å². The zero-order chi connectivity index (χ0) is 22.7. The van der Waals surface area contributed by atoms with Crippen molar-refractivity contribution in [2.75, 3.05) is 13.1 Å². The minimum absolute atomic E-state index is 0.137. The summed E-state index contributed by atoms with van der Waals surface area (Å²) in [7, 11) is 0. The molecule has 32 heavy (non-hydrogen) atoms. The second-order valence-corrected chi connectivity index (χ2v) is 8.02. The fraction of sp³-hybridized carbons (Fsp3) is 0.280. The number of nitrogens with zero attached hydrogens (tertiary/aromatic N) is 3. The van der Waals surface area contributed by atoms with E-state index >= 15 is 0 Å². The highest BCUT2D eigenvalue weighted by atomic mass is 16.2. The van der Waals surface area contributed by atoms with E-state index in [1.807, 2.05) is 62.4 Å². The Morgan fingerprint density at radius 3 is 2.41 bits per heavy atom. The molecule has 2 heterocycles. The number of carbonyl (C=O) groups excluding carboxylic acids is 3. The lowest BCUT2D eigenvalue weighted by Gasteiger charge is -2.13. The molecule has 7 nitrogen and oxygen atoms in total. The molecule has 7 heteroatoms. The van der Waals surface area contributed by atoms with Crippen molar-refractivity contribution in [3.05, 3.63) is 71.4 Å². The fourth-order valence-corrected chi connectivity index (χ4v) is 3.76. The highest BCUT2D eigenvalue weighted by Gasteiger charge is 2.28. The Balaban J connectivity index is 1.53. The van der Waals surface area contributed by atoms with Crippen LogP contribution in [0.3, 0.4) is 0 Å². The minimum atomic E-state index is -0.237. The number of aromatic nitrogens is 2. The number of amides is 3. The first-order valence-corrected chi connectivity index (χ1v) is 10.8. The van der Waals surface area contributed by atoms with Crippen LogP contribution < -0.4 is 5.32 Å². The summed E-state index contributed by atoms with van der Waals surface area (Å²) in [6.45, 7) is 4.77. The van der Waals surface area contributed by atoms with Gasteiger partial charge in [0.1, 0.15) is 5.69 Å². The van der Waals surface area contributed by atoms with Gasteiger partial charge < -0.3 is 5.32 Å². The van der Waals surface area contributed by atoms with Crippen LogP contribution in [0.5, 0.6) is 0 Å². The third kappa shape index (κ3) is 4.46. The number of imide groups is 1. The molecule has 0 aliphatic carbocycles. The summed E-state index contributed by atoms with van der Waals surface area (Å²) in [5.41, 5.74) is 5.13. The fourth-order valence-electron chi connectivity index (χ4n) is 3.76. The Kier molecular flexibility index (Phi) is 6.16. The number of hydrogen-bond acceptors (Lipinski definition) is 4. The van der Waals surface area contributed by atoms with Crippen molar-refractivity contribution in [3.63, 3.8) is 0 Å². The predicted octanol–water partition coefficient (Wildman–Crippen LogP) is 3.43. The van der Waals surface area contributed by atoms with Gasteiger partial charge in [0.05, 0.1) is 11.3 Å². The van der Waals surface area contributed by atoms with Crippen molar-refractivity contribution < 1.29 is 14.4 Å². The molecule has 4 rings (SSSR count). The van der Waals surface area contributed by atoms with Gasteiger partial charge in [-0.15, -0.1) is 0 Å². The van der Waals surface area contributed by atoms with Crippen LogP contribution in [0.2, 0.25) is 0 Å². The second-order valence-electron chi connectivity index (χ2n) is 8.02. The average molecular weight is 431 g/mol. The van der Waals surface area contributed by atoms with E-state index in [1.165, 1.54) is 10.5 Å². The molecule has 0 unspecified atom stereocenters. The average Bonchev–Trinajstić information content (AvgIpc) is 3.38. The first-order chi connectivity index (χ1) is 15.4. The third-order valence-corrected chi connectivity index (χ3v) is 5.76. The summed E-state index contributed by atoms with van der Waals surface area (Å²) in [6.07, 6.45) is 2.81. The lowest BCUT2D eigenvalue weighted by molar-refractivity contribution is -0.138. The monoisotopic (exact) mass is 430 g/mol. The van der Waals surface area contributed by atoms with Gasteiger partial charge in [-0.25, -0.2) is 4.68 Å². The smallest absolute Gasteiger partial charge is 0.255 e. The molecular weight excluding hydrogens is 404 g/mol. The van der Waals surface area contributed by atoms with Gasteiger partial charge in [-0.1, -0.05) is 30.3 Å². The van der Waals surface area contributed by atoms with Crippen LogP contribution in [-0.2, 0) is 9.59 Å². The van der Waals surface area contributed by atoms with Crippen LogP contribution in [0.15, 0.2) is 54.7 Å². The summed E-state index contributed by atoms with van der Waals surface area (Å²) in [4.78, 5) is 37.8. The molecule has 1 aliphatic heterocycles. The zero-order valence-electron chi connectivity index (χ0n) is 18.3. The van der Waals surface area contributed by atoms with Gasteiger partial charge in [-0.3, -0.25) is 19.3 Å². The molecule has 1 fully saturated rings. The van der Waals surface area contributed by atoms with Crippen molar-refractivity contribution in [1.82, 2.24) is 20.0 Å². The van der Waals surface area contributed by atoms with Crippen LogP contribution >= 0.6 is 0 Å². The Bertz CT molecular complexity index is 1150. The number of benzene rings is 2. The van der Waals surface area contributed by atoms with Crippen molar-refractivity contribution in [2.45, 2.75) is 33.1 Å². The van der Waals surface area contributed by atoms with E-state index in [4.69, 9.17) is 5.10 Å². The van der Waals surface area contributed by atoms with Gasteiger partial charge in [-0.2, -0.15) is 5.10 Å². The highest BCUT2D eigenvalue weighted by molar-refractivity contribution is 6.02. The summed E-state index contributed by atoms with van der Waals surface area (Å²) < 4.78 is 1.71. The number of rotatable bonds is 7. The standard InChI is InChI=1S/C25H26N4O3/c1-17-9-10-19(15-18(17)2)24-21(16-29(27-24)20-7-4-3-5-8-20)25(32)26-13-6-14-28-22(30)11-12-23(28)31/h3-5,7-10,15-16H,6,11-14H2,1-2H3,(H,26,32). The number of carbonyl (C=O) groups is 3. The Hall–Kier alpha value is -3.74. The van der Waals surface area contributed by atoms with E-state index in [-0.39, 0.29) is 30.6 Å². The lowest BCUT2D eigenvalue weighted by Crippen LogP contribution is -2.33. The third-order valence-electron chi connectivity index (χ3n) is 5.76. The second kappa shape index (κ2) is 9.18. The summed E-state index contributed by atoms with van der Waals surface area (Å²) >= 11 is 0. The van der Waals surface area contributed by atoms with Crippen molar-refractivity contribution in [1.29, 1.82) is 0 Å². The Labute approximate surface area is 187 Å². The molecule has 3 aromatic rings. The summed E-state index contributed by atoms with van der Waals surface area (Å²) in [6, 6.07) is 15.7. The number of para-hydroxylation sites is 1. The first kappa shape index (κ1) is 21.5. The molecular formula is C25H26N4O3. The first-order valence-electron chi connectivity index (χ1n) is 10.8. The molecule has 1 aliphatic rings. The molecule has 1 saturated heterocycles. The minimum Gasteiger partial charge on any atom is -0.352 e. The topological polar surface area (TPSA) is 84.3 Å². The molecule has 2 aromatic carbocycles. The maximum Gasteiger partial charge on any atom is 0.255 e. The van der Waals surface area contributed by atoms with Crippen molar-refractivity contribution in [3.8, 4) is 16.9 Å². The van der Waals surface area contributed by atoms with Crippen LogP contribution in [0, 0.1) is 13.8 Å². The number of nitrogens with one attached hydrogen (secondary N) is 1. The Morgan fingerprint density at radius 2 is 1.72 bits per heavy atom. The molecule has 0 bridgehead atoms. The molecule has 0 atom stereocenters. The van der Waals surface area contributed by atoms with Gasteiger partial charge in [0.15, 0.2) is 0 Å². The number of likely N-dealkylation sites (tertiary alicyclic amines) is 1. The Morgan fingerprint density at radius 1 is 1.00 bits per heavy atom. The van der Waals surface area contributed by atoms with E-state index in [2.05, 4.69) is 5.32 Å². The van der Waals surface area contributed by atoms with Crippen LogP contribution in [0.1, 0.15) is 40.7 Å². The molecule has 1 aromatic heterocycles. The molecule has 0 spiro atoms. The van der Waals surface area contributed by atoms with Crippen molar-refractivity contribution >= 4 is 17.7 Å². The van der Waals surface area contributed by atoms with Gasteiger partial charge in [-0.05, 0) is 49.6 Å². The molecule has 0 saturated carbocycles. The lowest BCUT2D eigenvalue weighted by atomic mass is 10.0. The van der Waals surface area contributed by atoms with E-state index in [0.29, 0.717) is 30.8 Å². The van der Waals surface area contributed by atoms with Gasteiger partial charge in [0.2, 0.25) is 11.8 Å². The largest absolute Gasteiger partial charge is 0.352 e. The summed E-state index contributed by atoms with van der Waals surface area (Å²) in [5.74, 6) is -0.510. The SMILES string of the molecule is Cc1ccc(-c2nn(-c3ccccc3)cc2C(=O)NCCCN2C(=O)CCC2=O)cc1C. The number of aryl methyl sites for hydroxylation is 2. The molecule has 3 amide bonds. The van der Waals surface area contributed by atoms with E-state index in [1.54, 1.807) is 10.9 Å². The molecule has 1 N–H and O–H groups in total. The van der Waals surface area contributed by atoms with E-state index in [9.17, 15) is 14.4 Å². The van der Waals surface area contributed by atoms with Gasteiger partial charge >= 0.3 is 0 Å². The quantitative estimate of drug-likeness (QED) is 0.460. The molecule has 164 valence electrons. The van der Waals surface area contributed by atoms with Crippen LogP contribution in [0.4, 0.5) is 0 Å². The highest BCUT2D eigenvalue weighted by Crippen LogP contribution is 2.26. The maximum absolute atomic E-state index is 13.0. The van der Waals surface area contributed by atoms with E-state index < -0.39 is 0 Å². The zero-order valence-corrected chi connectivity index (χ0v) is 18.3. The molecule has 0 radical (unpaired) electrons. The number of hydrogen-bond donors (Lipinski definition) is 1. The maximum atomic E-state index is 13.0. The van der Waals surface area contributed by atoms with Gasteiger partial charge in [0.25, 0.3) is 5.91 Å². The van der Waals surface area contributed by atoms with E-state index in [0.717, 1.165) is 16.8 Å². The van der Waals surface area contributed by atoms with Crippen LogP contribution in [0.25, 0.3) is 16.9 Å². The normalized spacial score (nSPS) is 13.6. The van der Waals surface area contributed by atoms with Crippen LogP contribution in [-0.4, -0.2) is 45.5 Å².